The smallest absolute Gasteiger partial charge is 0.253 e. The Kier molecular flexibility index (Phi) is 5.05. The lowest BCUT2D eigenvalue weighted by Gasteiger charge is -2.23. The van der Waals surface area contributed by atoms with E-state index in [1.165, 1.54) is 11.1 Å². The van der Waals surface area contributed by atoms with Crippen LogP contribution in [0, 0.1) is 6.92 Å². The molecule has 1 atom stereocenters. The number of rotatable bonds is 4. The SMILES string of the molecule is Cc1cccc(CSc2nc3nc4c(cn3n2)C(=O)CC(c2cccc(Cl)c2)C4)c1. The van der Waals surface area contributed by atoms with Crippen molar-refractivity contribution in [3.8, 4) is 0 Å². The van der Waals surface area contributed by atoms with Gasteiger partial charge in [-0.15, -0.1) is 5.10 Å². The summed E-state index contributed by atoms with van der Waals surface area (Å²) in [7, 11) is 0. The second-order valence-corrected chi connectivity index (χ2v) is 8.98. The maximum Gasteiger partial charge on any atom is 0.253 e. The molecular formula is C23H19ClN4OS. The second-order valence-electron chi connectivity index (χ2n) is 7.60. The number of fused-ring (bicyclic) bond motifs is 2. The van der Waals surface area contributed by atoms with Crippen LogP contribution in [0.25, 0.3) is 5.78 Å². The summed E-state index contributed by atoms with van der Waals surface area (Å²) in [6.45, 7) is 2.08. The first kappa shape index (κ1) is 19.3. The third-order valence-corrected chi connectivity index (χ3v) is 6.48. The third-order valence-electron chi connectivity index (χ3n) is 5.33. The van der Waals surface area contributed by atoms with Crippen LogP contribution >= 0.6 is 23.4 Å². The minimum atomic E-state index is 0.0803. The van der Waals surface area contributed by atoms with Gasteiger partial charge in [0.1, 0.15) is 0 Å². The molecule has 0 aliphatic heterocycles. The summed E-state index contributed by atoms with van der Waals surface area (Å²) < 4.78 is 1.62. The van der Waals surface area contributed by atoms with Crippen LogP contribution < -0.4 is 0 Å². The number of carbonyl (C=O) groups is 1. The van der Waals surface area contributed by atoms with Gasteiger partial charge >= 0.3 is 0 Å². The Morgan fingerprint density at radius 2 is 2.00 bits per heavy atom. The fraction of sp³-hybridized carbons (Fsp3) is 0.217. The summed E-state index contributed by atoms with van der Waals surface area (Å²) in [6, 6.07) is 16.1. The Labute approximate surface area is 183 Å². The first-order valence-corrected chi connectivity index (χ1v) is 11.1. The van der Waals surface area contributed by atoms with E-state index in [1.54, 1.807) is 22.5 Å². The Bertz CT molecular complexity index is 1270. The molecule has 0 radical (unpaired) electrons. The average molecular weight is 435 g/mol. The molecule has 0 N–H and O–H groups in total. The number of aryl methyl sites for hydroxylation is 1. The number of halogens is 1. The van der Waals surface area contributed by atoms with Gasteiger partial charge in [0.25, 0.3) is 5.78 Å². The highest BCUT2D eigenvalue weighted by Gasteiger charge is 2.28. The van der Waals surface area contributed by atoms with Crippen LogP contribution in [0.1, 0.15) is 45.1 Å². The van der Waals surface area contributed by atoms with Crippen LogP contribution in [0.2, 0.25) is 5.02 Å². The fourth-order valence-electron chi connectivity index (χ4n) is 3.87. The normalized spacial score (nSPS) is 16.1. The van der Waals surface area contributed by atoms with E-state index in [0.717, 1.165) is 17.0 Å². The van der Waals surface area contributed by atoms with Crippen LogP contribution in [-0.2, 0) is 12.2 Å². The largest absolute Gasteiger partial charge is 0.294 e. The van der Waals surface area contributed by atoms with Crippen molar-refractivity contribution in [3.05, 3.63) is 87.7 Å². The molecule has 2 aromatic heterocycles. The van der Waals surface area contributed by atoms with Crippen LogP contribution in [0.5, 0.6) is 0 Å². The summed E-state index contributed by atoms with van der Waals surface area (Å²) >= 11 is 7.71. The predicted molar refractivity (Wildman–Crippen MR) is 118 cm³/mol. The Hall–Kier alpha value is -2.70. The first-order valence-electron chi connectivity index (χ1n) is 9.78. The summed E-state index contributed by atoms with van der Waals surface area (Å²) in [5, 5.41) is 5.86. The molecule has 5 rings (SSSR count). The standard InChI is InChI=1S/C23H19ClN4OS/c1-14-4-2-5-15(8-14)13-30-23-26-22-25-20-10-17(16-6-3-7-18(24)9-16)11-21(29)19(20)12-28(22)27-23/h2-9,12,17H,10-11,13H2,1H3. The van der Waals surface area contributed by atoms with E-state index in [0.29, 0.717) is 34.4 Å². The highest BCUT2D eigenvalue weighted by molar-refractivity contribution is 7.98. The monoisotopic (exact) mass is 434 g/mol. The molecule has 1 aliphatic rings. The number of hydrogen-bond donors (Lipinski definition) is 0. The third kappa shape index (κ3) is 3.85. The lowest BCUT2D eigenvalue weighted by atomic mass is 9.82. The number of ketones is 1. The minimum absolute atomic E-state index is 0.0803. The molecule has 0 fully saturated rings. The Morgan fingerprint density at radius 3 is 2.83 bits per heavy atom. The first-order chi connectivity index (χ1) is 14.5. The van der Waals surface area contributed by atoms with Gasteiger partial charge < -0.3 is 0 Å². The van der Waals surface area contributed by atoms with Crippen LogP contribution in [0.15, 0.2) is 59.9 Å². The molecule has 0 saturated heterocycles. The summed E-state index contributed by atoms with van der Waals surface area (Å²) in [6.07, 6.45) is 2.92. The van der Waals surface area contributed by atoms with Gasteiger partial charge in [-0.2, -0.15) is 4.98 Å². The van der Waals surface area contributed by atoms with Crippen molar-refractivity contribution in [3.63, 3.8) is 0 Å². The van der Waals surface area contributed by atoms with Crippen LogP contribution in [-0.4, -0.2) is 25.4 Å². The van der Waals surface area contributed by atoms with Gasteiger partial charge in [0.2, 0.25) is 5.16 Å². The summed E-state index contributed by atoms with van der Waals surface area (Å²) in [5.41, 5.74) is 4.95. The van der Waals surface area contributed by atoms with Crippen molar-refractivity contribution in [1.29, 1.82) is 0 Å². The van der Waals surface area contributed by atoms with Gasteiger partial charge in [-0.1, -0.05) is 65.3 Å². The molecule has 1 unspecified atom stereocenters. The molecule has 4 aromatic rings. The number of Topliss-reactive ketones (excluding diaryl/α,β-unsaturated/α-hetero) is 1. The van der Waals surface area contributed by atoms with Gasteiger partial charge in [-0.05, 0) is 42.5 Å². The molecule has 30 heavy (non-hydrogen) atoms. The highest BCUT2D eigenvalue weighted by atomic mass is 35.5. The topological polar surface area (TPSA) is 60.1 Å². The predicted octanol–water partition coefficient (Wildman–Crippen LogP) is 5.29. The van der Waals surface area contributed by atoms with E-state index in [-0.39, 0.29) is 11.7 Å². The lowest BCUT2D eigenvalue weighted by Crippen LogP contribution is -2.21. The molecule has 2 aromatic carbocycles. The maximum absolute atomic E-state index is 12.8. The number of aromatic nitrogens is 4. The van der Waals surface area contributed by atoms with Crippen molar-refractivity contribution in [2.75, 3.05) is 0 Å². The van der Waals surface area contributed by atoms with Crippen molar-refractivity contribution < 1.29 is 4.79 Å². The molecule has 1 aliphatic carbocycles. The van der Waals surface area contributed by atoms with Gasteiger partial charge in [0.05, 0.1) is 11.3 Å². The van der Waals surface area contributed by atoms with Crippen LogP contribution in [0.3, 0.4) is 0 Å². The minimum Gasteiger partial charge on any atom is -0.294 e. The Morgan fingerprint density at radius 1 is 1.13 bits per heavy atom. The van der Waals surface area contributed by atoms with Crippen molar-refractivity contribution in [2.24, 2.45) is 0 Å². The van der Waals surface area contributed by atoms with Crippen molar-refractivity contribution in [2.45, 2.75) is 36.6 Å². The van der Waals surface area contributed by atoms with E-state index >= 15 is 0 Å². The molecule has 7 heteroatoms. The Balaban J connectivity index is 1.41. The van der Waals surface area contributed by atoms with Crippen molar-refractivity contribution >= 4 is 34.9 Å². The van der Waals surface area contributed by atoms with Gasteiger partial charge in [-0.3, -0.25) is 4.79 Å². The summed E-state index contributed by atoms with van der Waals surface area (Å²) in [4.78, 5) is 22.1. The number of nitrogens with zero attached hydrogens (tertiary/aromatic N) is 4. The fourth-order valence-corrected chi connectivity index (χ4v) is 4.84. The molecule has 150 valence electrons. The molecule has 2 heterocycles. The quantitative estimate of drug-likeness (QED) is 0.408. The van der Waals surface area contributed by atoms with Crippen molar-refractivity contribution in [1.82, 2.24) is 19.6 Å². The number of benzene rings is 2. The number of carbonyl (C=O) groups excluding carboxylic acids is 1. The second kappa shape index (κ2) is 7.85. The molecule has 0 amide bonds. The van der Waals surface area contributed by atoms with Gasteiger partial charge in [0.15, 0.2) is 5.78 Å². The molecule has 0 bridgehead atoms. The molecule has 0 spiro atoms. The molecule has 5 nitrogen and oxygen atoms in total. The van der Waals surface area contributed by atoms with Gasteiger partial charge in [0, 0.05) is 23.4 Å². The zero-order chi connectivity index (χ0) is 20.7. The zero-order valence-corrected chi connectivity index (χ0v) is 18.0. The van der Waals surface area contributed by atoms with E-state index < -0.39 is 0 Å². The highest BCUT2D eigenvalue weighted by Crippen LogP contribution is 2.33. The number of hydrogen-bond acceptors (Lipinski definition) is 5. The average Bonchev–Trinajstić information content (AvgIpc) is 3.13. The summed E-state index contributed by atoms with van der Waals surface area (Å²) in [5.74, 6) is 1.48. The molecular weight excluding hydrogens is 416 g/mol. The van der Waals surface area contributed by atoms with Crippen LogP contribution in [0.4, 0.5) is 0 Å². The van der Waals surface area contributed by atoms with E-state index in [1.807, 2.05) is 24.3 Å². The van der Waals surface area contributed by atoms with Gasteiger partial charge in [-0.25, -0.2) is 9.50 Å². The van der Waals surface area contributed by atoms with E-state index in [4.69, 9.17) is 11.6 Å². The van der Waals surface area contributed by atoms with E-state index in [2.05, 4.69) is 46.3 Å². The molecule has 0 saturated carbocycles. The van der Waals surface area contributed by atoms with E-state index in [9.17, 15) is 4.79 Å². The number of thioether (sulfide) groups is 1. The zero-order valence-electron chi connectivity index (χ0n) is 16.4. The maximum atomic E-state index is 12.8. The lowest BCUT2D eigenvalue weighted by molar-refractivity contribution is 0.0962.